The fourth-order valence-corrected chi connectivity index (χ4v) is 1.38. The summed E-state index contributed by atoms with van der Waals surface area (Å²) in [5.74, 6) is 0. The molecule has 80 valence electrons. The van der Waals surface area contributed by atoms with Crippen molar-refractivity contribution in [3.8, 4) is 0 Å². The summed E-state index contributed by atoms with van der Waals surface area (Å²) in [6, 6.07) is 0. The maximum Gasteiger partial charge on any atom is 0.0575 e. The smallest absolute Gasteiger partial charge is 0.0575 e. The fourth-order valence-electron chi connectivity index (χ4n) is 1.38. The molecule has 0 atom stereocenters. The van der Waals surface area contributed by atoms with Crippen molar-refractivity contribution in [2.75, 3.05) is 20.7 Å². The monoisotopic (exact) mass is 187 g/mol. The second-order valence-electron chi connectivity index (χ2n) is 3.66. The van der Waals surface area contributed by atoms with Gasteiger partial charge >= 0.3 is 0 Å². The van der Waals surface area contributed by atoms with Gasteiger partial charge in [-0.05, 0) is 6.42 Å². The van der Waals surface area contributed by atoms with Crippen LogP contribution in [0.25, 0.3) is 0 Å². The van der Waals surface area contributed by atoms with Crippen molar-refractivity contribution in [3.05, 3.63) is 0 Å². The molecule has 0 fully saturated rings. The van der Waals surface area contributed by atoms with Gasteiger partial charge in [-0.25, -0.2) is 0 Å². The molecule has 0 saturated carbocycles. The Bertz CT molecular complexity index is 96.1. The lowest BCUT2D eigenvalue weighted by Crippen LogP contribution is -2.17. The first-order valence-electron chi connectivity index (χ1n) is 5.56. The first-order chi connectivity index (χ1) is 6.31. The first-order valence-corrected chi connectivity index (χ1v) is 5.56. The Morgan fingerprint density at radius 3 is 2.00 bits per heavy atom. The summed E-state index contributed by atoms with van der Waals surface area (Å²) in [5, 5.41) is 1.89. The number of hydrogen-bond acceptors (Lipinski definition) is 2. The molecule has 2 nitrogen and oxygen atoms in total. The van der Waals surface area contributed by atoms with E-state index in [1.54, 1.807) is 7.11 Å². The third kappa shape index (κ3) is 9.84. The molecule has 2 heteroatoms. The number of rotatable bonds is 9. The highest BCUT2D eigenvalue weighted by Gasteiger charge is 1.94. The largest absolute Gasteiger partial charge is 0.303 e. The predicted molar refractivity (Wildman–Crippen MR) is 57.6 cm³/mol. The zero-order valence-electron chi connectivity index (χ0n) is 9.51. The van der Waals surface area contributed by atoms with Crippen molar-refractivity contribution in [3.63, 3.8) is 0 Å². The standard InChI is InChI=1S/C11H25NO/c1-4-5-6-7-8-9-10-11-12(2)13-3/h4-11H2,1-3H3. The van der Waals surface area contributed by atoms with Crippen LogP contribution in [0.2, 0.25) is 0 Å². The molecule has 0 aromatic rings. The van der Waals surface area contributed by atoms with Crippen LogP contribution in [0.4, 0.5) is 0 Å². The molecule has 0 bridgehead atoms. The van der Waals surface area contributed by atoms with E-state index in [1.807, 2.05) is 12.1 Å². The van der Waals surface area contributed by atoms with Gasteiger partial charge in [0.2, 0.25) is 0 Å². The zero-order chi connectivity index (χ0) is 9.94. The number of hydrogen-bond donors (Lipinski definition) is 0. The van der Waals surface area contributed by atoms with Crippen molar-refractivity contribution in [2.45, 2.75) is 51.9 Å². The van der Waals surface area contributed by atoms with Gasteiger partial charge in [0.15, 0.2) is 0 Å². The summed E-state index contributed by atoms with van der Waals surface area (Å²) in [6.07, 6.45) is 9.55. The van der Waals surface area contributed by atoms with E-state index in [0.717, 1.165) is 6.54 Å². The van der Waals surface area contributed by atoms with E-state index in [4.69, 9.17) is 4.84 Å². The molecular formula is C11H25NO. The van der Waals surface area contributed by atoms with Crippen LogP contribution in [-0.4, -0.2) is 25.8 Å². The molecule has 0 aliphatic rings. The van der Waals surface area contributed by atoms with Crippen molar-refractivity contribution in [1.29, 1.82) is 0 Å². The van der Waals surface area contributed by atoms with Crippen molar-refractivity contribution in [2.24, 2.45) is 0 Å². The Hall–Kier alpha value is -0.0800. The van der Waals surface area contributed by atoms with Gasteiger partial charge in [-0.15, -0.1) is 0 Å². The van der Waals surface area contributed by atoms with Gasteiger partial charge in [0.1, 0.15) is 0 Å². The minimum atomic E-state index is 1.06. The Labute approximate surface area is 83.2 Å². The summed E-state index contributed by atoms with van der Waals surface area (Å²) < 4.78 is 0. The Kier molecular flexibility index (Phi) is 9.94. The second-order valence-corrected chi connectivity index (χ2v) is 3.66. The molecule has 0 N–H and O–H groups in total. The molecule has 0 aromatic carbocycles. The van der Waals surface area contributed by atoms with E-state index in [1.165, 1.54) is 44.9 Å². The van der Waals surface area contributed by atoms with Crippen LogP contribution < -0.4 is 0 Å². The summed E-state index contributed by atoms with van der Waals surface area (Å²) in [5.41, 5.74) is 0. The van der Waals surface area contributed by atoms with E-state index in [2.05, 4.69) is 6.92 Å². The molecule has 0 spiro atoms. The summed E-state index contributed by atoms with van der Waals surface area (Å²) in [7, 11) is 3.71. The highest BCUT2D eigenvalue weighted by atomic mass is 16.7. The highest BCUT2D eigenvalue weighted by molar-refractivity contribution is 4.46. The van der Waals surface area contributed by atoms with E-state index in [0.29, 0.717) is 0 Å². The molecule has 13 heavy (non-hydrogen) atoms. The SMILES string of the molecule is CCCCCCCCCN(C)OC. The third-order valence-electron chi connectivity index (χ3n) is 2.39. The average Bonchev–Trinajstić information content (AvgIpc) is 2.16. The predicted octanol–water partition coefficient (Wildman–Crippen LogP) is 3.23. The van der Waals surface area contributed by atoms with E-state index >= 15 is 0 Å². The number of hydroxylamine groups is 2. The average molecular weight is 187 g/mol. The molecule has 0 radical (unpaired) electrons. The van der Waals surface area contributed by atoms with Crippen LogP contribution in [0.5, 0.6) is 0 Å². The molecule has 0 aromatic heterocycles. The lowest BCUT2D eigenvalue weighted by Gasteiger charge is -2.12. The lowest BCUT2D eigenvalue weighted by atomic mass is 10.1. The summed E-state index contributed by atoms with van der Waals surface area (Å²) >= 11 is 0. The molecule has 0 heterocycles. The molecule has 0 saturated heterocycles. The maximum atomic E-state index is 5.03. The number of nitrogens with zero attached hydrogens (tertiary/aromatic N) is 1. The van der Waals surface area contributed by atoms with Gasteiger partial charge in [0, 0.05) is 13.6 Å². The molecule has 0 amide bonds. The van der Waals surface area contributed by atoms with Gasteiger partial charge in [-0.2, -0.15) is 5.06 Å². The topological polar surface area (TPSA) is 12.5 Å². The quantitative estimate of drug-likeness (QED) is 0.406. The van der Waals surface area contributed by atoms with Crippen LogP contribution >= 0.6 is 0 Å². The Morgan fingerprint density at radius 2 is 1.46 bits per heavy atom. The molecular weight excluding hydrogens is 162 g/mol. The van der Waals surface area contributed by atoms with Gasteiger partial charge in [-0.3, -0.25) is 0 Å². The molecule has 0 unspecified atom stereocenters. The van der Waals surface area contributed by atoms with Gasteiger partial charge in [0.05, 0.1) is 7.11 Å². The minimum absolute atomic E-state index is 1.06. The maximum absolute atomic E-state index is 5.03. The summed E-state index contributed by atoms with van der Waals surface area (Å²) in [4.78, 5) is 5.03. The van der Waals surface area contributed by atoms with Gasteiger partial charge in [0.25, 0.3) is 0 Å². The second kappa shape index (κ2) is 10.0. The van der Waals surface area contributed by atoms with Crippen LogP contribution in [0.1, 0.15) is 51.9 Å². The first kappa shape index (κ1) is 12.9. The van der Waals surface area contributed by atoms with Crippen LogP contribution in [0.3, 0.4) is 0 Å². The van der Waals surface area contributed by atoms with E-state index < -0.39 is 0 Å². The molecule has 0 rings (SSSR count). The fraction of sp³-hybridized carbons (Fsp3) is 1.00. The summed E-state index contributed by atoms with van der Waals surface area (Å²) in [6.45, 7) is 3.32. The van der Waals surface area contributed by atoms with Gasteiger partial charge in [-0.1, -0.05) is 45.4 Å². The third-order valence-corrected chi connectivity index (χ3v) is 2.39. The van der Waals surface area contributed by atoms with Gasteiger partial charge < -0.3 is 4.84 Å². The number of unbranched alkanes of at least 4 members (excludes halogenated alkanes) is 6. The van der Waals surface area contributed by atoms with Crippen LogP contribution in [0.15, 0.2) is 0 Å². The lowest BCUT2D eigenvalue weighted by molar-refractivity contribution is -0.109. The minimum Gasteiger partial charge on any atom is -0.303 e. The highest BCUT2D eigenvalue weighted by Crippen LogP contribution is 2.06. The van der Waals surface area contributed by atoms with Crippen molar-refractivity contribution in [1.82, 2.24) is 5.06 Å². The van der Waals surface area contributed by atoms with Crippen molar-refractivity contribution < 1.29 is 4.84 Å². The van der Waals surface area contributed by atoms with Crippen molar-refractivity contribution >= 4 is 0 Å². The Balaban J connectivity index is 2.91. The zero-order valence-corrected chi connectivity index (χ0v) is 9.51. The van der Waals surface area contributed by atoms with E-state index in [9.17, 15) is 0 Å². The van der Waals surface area contributed by atoms with Crippen LogP contribution in [-0.2, 0) is 4.84 Å². The van der Waals surface area contributed by atoms with Crippen LogP contribution in [0, 0.1) is 0 Å². The Morgan fingerprint density at radius 1 is 0.923 bits per heavy atom. The van der Waals surface area contributed by atoms with E-state index in [-0.39, 0.29) is 0 Å². The molecule has 0 aliphatic heterocycles. The molecule has 0 aliphatic carbocycles. The normalized spacial score (nSPS) is 11.1.